The second-order valence-electron chi connectivity index (χ2n) is 11.4. The van der Waals surface area contributed by atoms with Gasteiger partial charge in [0.05, 0.1) is 16.8 Å². The SMILES string of the molecule is Cc1cc(C=C(CNC(=O)OCC2c3ccccc3-c3ccccc32)B2OC(C)(C)C(C)(C)O2)ccc1C(=O)O. The molecule has 0 spiro atoms. The molecule has 1 aliphatic carbocycles. The van der Waals surface area contributed by atoms with E-state index >= 15 is 0 Å². The summed E-state index contributed by atoms with van der Waals surface area (Å²) in [5.41, 5.74) is 5.85. The molecule has 0 radical (unpaired) electrons. The number of amides is 1. The molecular weight excluding hydrogens is 505 g/mol. The van der Waals surface area contributed by atoms with Gasteiger partial charge in [0, 0.05) is 12.5 Å². The molecule has 0 saturated carbocycles. The molecule has 2 aliphatic rings. The van der Waals surface area contributed by atoms with E-state index in [1.54, 1.807) is 25.1 Å². The van der Waals surface area contributed by atoms with Crippen LogP contribution in [0.4, 0.5) is 4.79 Å². The van der Waals surface area contributed by atoms with E-state index in [1.807, 2.05) is 58.0 Å². The molecule has 2 N–H and O–H groups in total. The number of hydrogen-bond acceptors (Lipinski definition) is 5. The molecule has 0 unspecified atom stereocenters. The average Bonchev–Trinajstić information content (AvgIpc) is 3.34. The van der Waals surface area contributed by atoms with Gasteiger partial charge in [-0.1, -0.05) is 66.7 Å². The highest BCUT2D eigenvalue weighted by atomic mass is 16.7. The average molecular weight is 539 g/mol. The number of alkyl carbamates (subject to hydrolysis) is 1. The third-order valence-electron chi connectivity index (χ3n) is 8.17. The molecule has 206 valence electrons. The lowest BCUT2D eigenvalue weighted by Gasteiger charge is -2.32. The summed E-state index contributed by atoms with van der Waals surface area (Å²) in [6.07, 6.45) is 1.33. The number of rotatable bonds is 7. The van der Waals surface area contributed by atoms with Crippen LogP contribution in [-0.4, -0.2) is 48.6 Å². The fourth-order valence-electron chi connectivity index (χ4n) is 5.25. The monoisotopic (exact) mass is 539 g/mol. The molecule has 1 aliphatic heterocycles. The number of aromatic carboxylic acids is 1. The number of fused-ring (bicyclic) bond motifs is 3. The van der Waals surface area contributed by atoms with Crippen molar-refractivity contribution in [1.82, 2.24) is 5.32 Å². The summed E-state index contributed by atoms with van der Waals surface area (Å²) in [4.78, 5) is 24.4. The second-order valence-corrected chi connectivity index (χ2v) is 11.4. The molecule has 5 rings (SSSR count). The first-order valence-electron chi connectivity index (χ1n) is 13.5. The predicted molar refractivity (Wildman–Crippen MR) is 155 cm³/mol. The summed E-state index contributed by atoms with van der Waals surface area (Å²) >= 11 is 0. The predicted octanol–water partition coefficient (Wildman–Crippen LogP) is 6.25. The Labute approximate surface area is 235 Å². The van der Waals surface area contributed by atoms with Crippen LogP contribution in [0.3, 0.4) is 0 Å². The third kappa shape index (κ3) is 5.29. The Kier molecular flexibility index (Phi) is 7.33. The number of carbonyl (C=O) groups is 2. The van der Waals surface area contributed by atoms with E-state index in [4.69, 9.17) is 14.0 Å². The van der Waals surface area contributed by atoms with E-state index in [1.165, 1.54) is 11.1 Å². The van der Waals surface area contributed by atoms with Gasteiger partial charge in [-0.15, -0.1) is 0 Å². The molecule has 1 amide bonds. The molecule has 1 saturated heterocycles. The Morgan fingerprint density at radius 3 is 2.08 bits per heavy atom. The van der Waals surface area contributed by atoms with Crippen molar-refractivity contribution in [2.24, 2.45) is 0 Å². The van der Waals surface area contributed by atoms with Gasteiger partial charge in [-0.2, -0.15) is 0 Å². The highest BCUT2D eigenvalue weighted by Gasteiger charge is 2.52. The topological polar surface area (TPSA) is 94.1 Å². The van der Waals surface area contributed by atoms with Gasteiger partial charge >= 0.3 is 19.2 Å². The van der Waals surface area contributed by atoms with E-state index < -0.39 is 30.4 Å². The van der Waals surface area contributed by atoms with Crippen molar-refractivity contribution in [2.45, 2.75) is 51.7 Å². The summed E-state index contributed by atoms with van der Waals surface area (Å²) in [7, 11) is -0.696. The standard InChI is InChI=1S/C32H34BNO6/c1-20-16-21(14-15-23(20)29(35)36)17-22(33-39-31(2,3)32(4,5)40-33)18-34-30(37)38-19-28-26-12-8-6-10-24(26)25-11-7-9-13-27(25)28/h6-17,28H,18-19H2,1-5H3,(H,34,37)(H,35,36). The Morgan fingerprint density at radius 1 is 0.950 bits per heavy atom. The van der Waals surface area contributed by atoms with E-state index in [0.717, 1.165) is 16.7 Å². The van der Waals surface area contributed by atoms with E-state index in [2.05, 4.69) is 29.6 Å². The quantitative estimate of drug-likeness (QED) is 0.345. The van der Waals surface area contributed by atoms with Crippen LogP contribution in [0.5, 0.6) is 0 Å². The smallest absolute Gasteiger partial charge is 0.478 e. The summed E-state index contributed by atoms with van der Waals surface area (Å²) in [5.74, 6) is -1.01. The summed E-state index contributed by atoms with van der Waals surface area (Å²) in [6.45, 7) is 9.97. The lowest BCUT2D eigenvalue weighted by Crippen LogP contribution is -2.41. The van der Waals surface area contributed by atoms with Crippen molar-refractivity contribution in [3.05, 3.63) is 100 Å². The van der Waals surface area contributed by atoms with Crippen molar-refractivity contribution < 1.29 is 28.7 Å². The summed E-state index contributed by atoms with van der Waals surface area (Å²) < 4.78 is 18.3. The Morgan fingerprint density at radius 2 is 1.52 bits per heavy atom. The van der Waals surface area contributed by atoms with Crippen LogP contribution in [0.15, 0.2) is 72.2 Å². The van der Waals surface area contributed by atoms with Gasteiger partial charge < -0.3 is 24.5 Å². The molecule has 0 bridgehead atoms. The van der Waals surface area contributed by atoms with Crippen molar-refractivity contribution >= 4 is 25.3 Å². The van der Waals surface area contributed by atoms with Crippen LogP contribution >= 0.6 is 0 Å². The van der Waals surface area contributed by atoms with E-state index in [-0.39, 0.29) is 24.6 Å². The van der Waals surface area contributed by atoms with Crippen LogP contribution in [0.25, 0.3) is 17.2 Å². The largest absolute Gasteiger partial charge is 0.492 e. The number of aryl methyl sites for hydroxylation is 1. The maximum absolute atomic E-state index is 12.9. The van der Waals surface area contributed by atoms with Gasteiger partial charge in [-0.3, -0.25) is 0 Å². The van der Waals surface area contributed by atoms with Gasteiger partial charge in [-0.05, 0) is 79.5 Å². The first-order valence-corrected chi connectivity index (χ1v) is 13.5. The first-order chi connectivity index (χ1) is 19.0. The number of benzene rings is 3. The van der Waals surface area contributed by atoms with Crippen LogP contribution in [-0.2, 0) is 14.0 Å². The van der Waals surface area contributed by atoms with Crippen molar-refractivity contribution in [3.8, 4) is 11.1 Å². The molecule has 0 aromatic heterocycles. The van der Waals surface area contributed by atoms with Crippen molar-refractivity contribution in [3.63, 3.8) is 0 Å². The summed E-state index contributed by atoms with van der Waals surface area (Å²) in [6, 6.07) is 21.5. The Balaban J connectivity index is 1.32. The number of ether oxygens (including phenoxy) is 1. The molecule has 1 heterocycles. The lowest BCUT2D eigenvalue weighted by atomic mass is 9.77. The molecule has 3 aromatic carbocycles. The van der Waals surface area contributed by atoms with Gasteiger partial charge in [0.25, 0.3) is 0 Å². The van der Waals surface area contributed by atoms with Crippen LogP contribution in [0.1, 0.15) is 66.2 Å². The minimum Gasteiger partial charge on any atom is -0.478 e. The van der Waals surface area contributed by atoms with Crippen LogP contribution < -0.4 is 5.32 Å². The highest BCUT2D eigenvalue weighted by Crippen LogP contribution is 2.44. The zero-order valence-corrected chi connectivity index (χ0v) is 23.5. The van der Waals surface area contributed by atoms with Gasteiger partial charge in [0.2, 0.25) is 0 Å². The van der Waals surface area contributed by atoms with Gasteiger partial charge in [0.15, 0.2) is 0 Å². The minimum absolute atomic E-state index is 0.0352. The summed E-state index contributed by atoms with van der Waals surface area (Å²) in [5, 5.41) is 12.3. The fraction of sp³-hybridized carbons (Fsp3) is 0.312. The van der Waals surface area contributed by atoms with E-state index in [9.17, 15) is 14.7 Å². The van der Waals surface area contributed by atoms with Crippen LogP contribution in [0.2, 0.25) is 0 Å². The number of nitrogens with one attached hydrogen (secondary N) is 1. The first kappa shape index (κ1) is 27.7. The lowest BCUT2D eigenvalue weighted by molar-refractivity contribution is 0.00578. The highest BCUT2D eigenvalue weighted by molar-refractivity contribution is 6.56. The van der Waals surface area contributed by atoms with Crippen molar-refractivity contribution in [2.75, 3.05) is 13.2 Å². The maximum atomic E-state index is 12.9. The van der Waals surface area contributed by atoms with Crippen LogP contribution in [0, 0.1) is 6.92 Å². The Hall–Kier alpha value is -3.88. The number of carbonyl (C=O) groups excluding carboxylic acids is 1. The maximum Gasteiger partial charge on any atom is 0.492 e. The Bertz CT molecular complexity index is 1430. The minimum atomic E-state index is -0.976. The molecule has 0 atom stereocenters. The van der Waals surface area contributed by atoms with E-state index in [0.29, 0.717) is 11.0 Å². The molecule has 8 heteroatoms. The zero-order valence-electron chi connectivity index (χ0n) is 23.5. The van der Waals surface area contributed by atoms with Gasteiger partial charge in [0.1, 0.15) is 6.61 Å². The number of hydrogen-bond donors (Lipinski definition) is 2. The zero-order chi connectivity index (χ0) is 28.7. The molecule has 7 nitrogen and oxygen atoms in total. The number of carboxylic acid groups (broad SMARTS) is 1. The molecule has 1 fully saturated rings. The molecular formula is C32H34BNO6. The second kappa shape index (κ2) is 10.6. The normalized spacial score (nSPS) is 17.3. The van der Waals surface area contributed by atoms with Gasteiger partial charge in [-0.25, -0.2) is 9.59 Å². The van der Waals surface area contributed by atoms with Crippen molar-refractivity contribution in [1.29, 1.82) is 0 Å². The molecule has 40 heavy (non-hydrogen) atoms. The number of carboxylic acids is 1. The third-order valence-corrected chi connectivity index (χ3v) is 8.17. The molecule has 3 aromatic rings. The fourth-order valence-corrected chi connectivity index (χ4v) is 5.25.